The second-order valence-electron chi connectivity index (χ2n) is 4.53. The molecule has 0 saturated heterocycles. The van der Waals surface area contributed by atoms with E-state index in [4.69, 9.17) is 10.00 Å². The lowest BCUT2D eigenvalue weighted by Crippen LogP contribution is -2.29. The van der Waals surface area contributed by atoms with Gasteiger partial charge in [-0.3, -0.25) is 0 Å². The van der Waals surface area contributed by atoms with Gasteiger partial charge in [0.15, 0.2) is 5.17 Å². The van der Waals surface area contributed by atoms with Gasteiger partial charge in [-0.05, 0) is 24.6 Å². The van der Waals surface area contributed by atoms with E-state index < -0.39 is 12.0 Å². The van der Waals surface area contributed by atoms with Crippen LogP contribution >= 0.6 is 11.8 Å². The zero-order chi connectivity index (χ0) is 16.1. The molecule has 1 aromatic carbocycles. The molecule has 0 saturated carbocycles. The number of nitriles is 1. The third-order valence-electron chi connectivity index (χ3n) is 3.13. The Kier molecular flexibility index (Phi) is 5.07. The second kappa shape index (κ2) is 7.00. The van der Waals surface area contributed by atoms with Crippen molar-refractivity contribution in [3.05, 3.63) is 41.1 Å². The largest absolute Gasteiger partial charge is 0.497 e. The van der Waals surface area contributed by atoms with Crippen LogP contribution in [0.2, 0.25) is 0 Å². The summed E-state index contributed by atoms with van der Waals surface area (Å²) in [6, 6.07) is 8.56. The summed E-state index contributed by atoms with van der Waals surface area (Å²) in [5.41, 5.74) is 1.44. The summed E-state index contributed by atoms with van der Waals surface area (Å²) in [6.45, 7) is 1.69. The van der Waals surface area contributed by atoms with Crippen LogP contribution in [0.5, 0.6) is 5.75 Å². The molecule has 114 valence electrons. The Morgan fingerprint density at radius 3 is 3.00 bits per heavy atom. The first-order valence-electron chi connectivity index (χ1n) is 6.49. The number of thioether (sulfide) groups is 1. The monoisotopic (exact) mass is 317 g/mol. The highest BCUT2D eigenvalue weighted by molar-refractivity contribution is 8.14. The fourth-order valence-electron chi connectivity index (χ4n) is 2.15. The van der Waals surface area contributed by atoms with E-state index in [1.54, 1.807) is 32.2 Å². The number of ether oxygens (including phenoxy) is 1. The number of aliphatic carboxylic acids is 1. The Morgan fingerprint density at radius 1 is 1.59 bits per heavy atom. The van der Waals surface area contributed by atoms with Gasteiger partial charge in [0.1, 0.15) is 11.8 Å². The molecule has 0 aromatic heterocycles. The van der Waals surface area contributed by atoms with Gasteiger partial charge in [0.25, 0.3) is 0 Å². The van der Waals surface area contributed by atoms with Gasteiger partial charge in [0.2, 0.25) is 0 Å². The van der Waals surface area contributed by atoms with E-state index in [0.717, 1.165) is 5.56 Å². The Bertz CT molecular complexity index is 692. The maximum absolute atomic E-state index is 11.6. The number of carboxylic acid groups (broad SMARTS) is 1. The van der Waals surface area contributed by atoms with Crippen LogP contribution in [0.15, 0.2) is 40.5 Å². The molecule has 0 aliphatic carbocycles. The normalized spacial score (nSPS) is 17.3. The lowest BCUT2D eigenvalue weighted by atomic mass is 9.96. The highest BCUT2D eigenvalue weighted by atomic mass is 32.2. The number of aliphatic imine (C=N–C) groups is 1. The second-order valence-corrected chi connectivity index (χ2v) is 5.49. The van der Waals surface area contributed by atoms with Crippen LogP contribution in [0.25, 0.3) is 0 Å². The molecule has 2 N–H and O–H groups in total. The van der Waals surface area contributed by atoms with E-state index in [1.165, 1.54) is 11.8 Å². The summed E-state index contributed by atoms with van der Waals surface area (Å²) < 4.78 is 5.18. The molecule has 0 fully saturated rings. The molecule has 0 radical (unpaired) electrons. The minimum atomic E-state index is -1.02. The number of hydrogen-bond acceptors (Lipinski definition) is 6. The third-order valence-corrected chi connectivity index (χ3v) is 3.89. The van der Waals surface area contributed by atoms with Gasteiger partial charge >= 0.3 is 5.97 Å². The maximum Gasteiger partial charge on any atom is 0.335 e. The average Bonchev–Trinajstić information content (AvgIpc) is 2.51. The standard InChI is InChI=1S/C15H15N3O3S/c1-9-12(14(19)20)13(18-15(17-9)22-7-6-16)10-4-3-5-11(8-10)21-2/h3-5,8,13H,7H2,1-2H3,(H,17,18)(H,19,20). The number of carboxylic acids is 1. The zero-order valence-electron chi connectivity index (χ0n) is 12.2. The van der Waals surface area contributed by atoms with Crippen molar-refractivity contribution >= 4 is 22.9 Å². The molecule has 1 heterocycles. The van der Waals surface area contributed by atoms with Gasteiger partial charge in [0, 0.05) is 5.70 Å². The highest BCUT2D eigenvalue weighted by Crippen LogP contribution is 2.33. The van der Waals surface area contributed by atoms with Crippen LogP contribution < -0.4 is 10.1 Å². The van der Waals surface area contributed by atoms with E-state index >= 15 is 0 Å². The highest BCUT2D eigenvalue weighted by Gasteiger charge is 2.29. The van der Waals surface area contributed by atoms with Crippen molar-refractivity contribution in [2.75, 3.05) is 12.9 Å². The summed E-state index contributed by atoms with van der Waals surface area (Å²) >= 11 is 1.24. The molecular formula is C15H15N3O3S. The Labute approximate surface area is 132 Å². The third kappa shape index (κ3) is 3.40. The van der Waals surface area contributed by atoms with Crippen LogP contribution in [0.1, 0.15) is 18.5 Å². The molecule has 0 bridgehead atoms. The number of carbonyl (C=O) groups is 1. The minimum Gasteiger partial charge on any atom is -0.497 e. The molecule has 1 aromatic rings. The van der Waals surface area contributed by atoms with E-state index in [9.17, 15) is 9.90 Å². The Balaban J connectivity index is 2.44. The van der Waals surface area contributed by atoms with Crippen LogP contribution in [-0.4, -0.2) is 29.1 Å². The lowest BCUT2D eigenvalue weighted by Gasteiger charge is -2.24. The lowest BCUT2D eigenvalue weighted by molar-refractivity contribution is -0.133. The number of allylic oxidation sites excluding steroid dienone is 1. The molecule has 22 heavy (non-hydrogen) atoms. The SMILES string of the molecule is COc1cccc(C2N=C(SCC#N)NC(C)=C2C(=O)O)c1. The molecule has 1 unspecified atom stereocenters. The molecule has 1 aliphatic rings. The van der Waals surface area contributed by atoms with Gasteiger partial charge in [-0.15, -0.1) is 0 Å². The van der Waals surface area contributed by atoms with E-state index in [1.807, 2.05) is 12.1 Å². The summed E-state index contributed by atoms with van der Waals surface area (Å²) in [5.74, 6) is -0.141. The number of methoxy groups -OCH3 is 1. The molecule has 1 aliphatic heterocycles. The quantitative estimate of drug-likeness (QED) is 0.885. The van der Waals surface area contributed by atoms with Crippen LogP contribution in [0, 0.1) is 11.3 Å². The molecular weight excluding hydrogens is 302 g/mol. The van der Waals surface area contributed by atoms with Crippen molar-refractivity contribution in [2.24, 2.45) is 4.99 Å². The summed E-state index contributed by atoms with van der Waals surface area (Å²) in [6.07, 6.45) is 0. The van der Waals surface area contributed by atoms with E-state index in [2.05, 4.69) is 10.3 Å². The predicted molar refractivity (Wildman–Crippen MR) is 84.7 cm³/mol. The Morgan fingerprint density at radius 2 is 2.36 bits per heavy atom. The van der Waals surface area contributed by atoms with Gasteiger partial charge in [-0.25, -0.2) is 9.79 Å². The summed E-state index contributed by atoms with van der Waals surface area (Å²) in [4.78, 5) is 16.0. The topological polar surface area (TPSA) is 94.7 Å². The first kappa shape index (κ1) is 15.9. The first-order valence-corrected chi connectivity index (χ1v) is 7.48. The number of hydrogen-bond donors (Lipinski definition) is 2. The fraction of sp³-hybridized carbons (Fsp3) is 0.267. The molecule has 0 spiro atoms. The summed E-state index contributed by atoms with van der Waals surface area (Å²) in [7, 11) is 1.55. The van der Waals surface area contributed by atoms with Crippen molar-refractivity contribution in [1.82, 2.24) is 5.32 Å². The maximum atomic E-state index is 11.6. The number of rotatable bonds is 4. The number of benzene rings is 1. The van der Waals surface area contributed by atoms with Gasteiger partial charge in [0.05, 0.1) is 24.5 Å². The zero-order valence-corrected chi connectivity index (χ0v) is 13.0. The summed E-state index contributed by atoms with van der Waals surface area (Å²) in [5, 5.41) is 21.6. The van der Waals surface area contributed by atoms with Gasteiger partial charge in [-0.1, -0.05) is 23.9 Å². The van der Waals surface area contributed by atoms with Crippen LogP contribution in [-0.2, 0) is 4.79 Å². The molecule has 1 atom stereocenters. The van der Waals surface area contributed by atoms with Gasteiger partial charge < -0.3 is 15.2 Å². The Hall–Kier alpha value is -2.46. The number of nitrogens with one attached hydrogen (secondary N) is 1. The first-order chi connectivity index (χ1) is 10.6. The van der Waals surface area contributed by atoms with Crippen molar-refractivity contribution in [3.8, 4) is 11.8 Å². The van der Waals surface area contributed by atoms with E-state index in [0.29, 0.717) is 16.6 Å². The fourth-order valence-corrected chi connectivity index (χ4v) is 2.76. The average molecular weight is 317 g/mol. The van der Waals surface area contributed by atoms with Crippen LogP contribution in [0.3, 0.4) is 0 Å². The van der Waals surface area contributed by atoms with Crippen molar-refractivity contribution in [3.63, 3.8) is 0 Å². The minimum absolute atomic E-state index is 0.189. The molecule has 2 rings (SSSR count). The molecule has 6 nitrogen and oxygen atoms in total. The molecule has 0 amide bonds. The van der Waals surface area contributed by atoms with E-state index in [-0.39, 0.29) is 11.3 Å². The smallest absolute Gasteiger partial charge is 0.335 e. The van der Waals surface area contributed by atoms with Crippen molar-refractivity contribution in [1.29, 1.82) is 5.26 Å². The predicted octanol–water partition coefficient (Wildman–Crippen LogP) is 2.31. The van der Waals surface area contributed by atoms with Gasteiger partial charge in [-0.2, -0.15) is 5.26 Å². The number of nitrogens with zero attached hydrogens (tertiary/aromatic N) is 2. The molecule has 7 heteroatoms. The van der Waals surface area contributed by atoms with Crippen LogP contribution in [0.4, 0.5) is 0 Å². The van der Waals surface area contributed by atoms with Crippen molar-refractivity contribution in [2.45, 2.75) is 13.0 Å². The van der Waals surface area contributed by atoms with Crippen molar-refractivity contribution < 1.29 is 14.6 Å². The number of amidine groups is 1.